The number of carbonyl (C=O) groups excluding carboxylic acids is 3. The SMILES string of the molecule is CN1C(=O)[C@@]2(C(=O)N3CCOCC3)CN(C(=O)Cc3cccc(C(F)(F)F)c3)C[C@H]2c2ccccc21. The number of amides is 3. The fourth-order valence-corrected chi connectivity index (χ4v) is 5.62. The fraction of sp³-hybridized carbons (Fsp3) is 0.423. The maximum absolute atomic E-state index is 14.0. The molecule has 7 nitrogen and oxygen atoms in total. The number of halogens is 3. The van der Waals surface area contributed by atoms with E-state index in [1.807, 2.05) is 24.3 Å². The average Bonchev–Trinajstić information content (AvgIpc) is 3.29. The maximum atomic E-state index is 14.0. The number of likely N-dealkylation sites (tertiary alicyclic amines) is 1. The van der Waals surface area contributed by atoms with E-state index < -0.39 is 29.0 Å². The molecule has 0 spiro atoms. The molecule has 2 aromatic carbocycles. The monoisotopic (exact) mass is 501 g/mol. The van der Waals surface area contributed by atoms with Gasteiger partial charge in [-0.15, -0.1) is 0 Å². The van der Waals surface area contributed by atoms with Gasteiger partial charge in [0.2, 0.25) is 17.7 Å². The van der Waals surface area contributed by atoms with Gasteiger partial charge in [0.15, 0.2) is 5.41 Å². The number of fused-ring (bicyclic) bond motifs is 3. The van der Waals surface area contributed by atoms with Gasteiger partial charge >= 0.3 is 6.18 Å². The molecule has 2 aromatic rings. The molecule has 0 N–H and O–H groups in total. The number of alkyl halides is 3. The third kappa shape index (κ3) is 3.93. The molecule has 0 aliphatic carbocycles. The number of rotatable bonds is 3. The van der Waals surface area contributed by atoms with Gasteiger partial charge in [0.25, 0.3) is 0 Å². The Hall–Kier alpha value is -3.40. The number of carbonyl (C=O) groups is 3. The van der Waals surface area contributed by atoms with Crippen LogP contribution in [0.2, 0.25) is 0 Å². The minimum atomic E-state index is -4.52. The van der Waals surface area contributed by atoms with Crippen LogP contribution in [0.5, 0.6) is 0 Å². The average molecular weight is 502 g/mol. The topological polar surface area (TPSA) is 70.2 Å². The van der Waals surface area contributed by atoms with Gasteiger partial charge < -0.3 is 19.4 Å². The third-order valence-electron chi connectivity index (χ3n) is 7.44. The van der Waals surface area contributed by atoms with Gasteiger partial charge in [0.05, 0.1) is 25.2 Å². The number of para-hydroxylation sites is 1. The van der Waals surface area contributed by atoms with Gasteiger partial charge in [-0.3, -0.25) is 14.4 Å². The Bertz CT molecular complexity index is 1210. The van der Waals surface area contributed by atoms with Crippen molar-refractivity contribution in [2.75, 3.05) is 51.3 Å². The molecule has 3 amide bonds. The summed E-state index contributed by atoms with van der Waals surface area (Å²) in [6, 6.07) is 12.0. The lowest BCUT2D eigenvalue weighted by Gasteiger charge is -2.44. The van der Waals surface area contributed by atoms with Crippen molar-refractivity contribution in [3.8, 4) is 0 Å². The van der Waals surface area contributed by atoms with Crippen molar-refractivity contribution < 1.29 is 32.3 Å². The predicted molar refractivity (Wildman–Crippen MR) is 124 cm³/mol. The van der Waals surface area contributed by atoms with Crippen LogP contribution in [-0.4, -0.2) is 74.0 Å². The Morgan fingerprint density at radius 3 is 2.50 bits per heavy atom. The molecule has 3 aliphatic rings. The predicted octanol–water partition coefficient (Wildman–Crippen LogP) is 2.70. The van der Waals surface area contributed by atoms with E-state index in [-0.39, 0.29) is 36.9 Å². The zero-order valence-electron chi connectivity index (χ0n) is 19.8. The zero-order valence-corrected chi connectivity index (χ0v) is 19.8. The number of hydrogen-bond donors (Lipinski definition) is 0. The normalized spacial score (nSPS) is 23.9. The Kier molecular flexibility index (Phi) is 6.02. The quantitative estimate of drug-likeness (QED) is 0.607. The number of ether oxygens (including phenoxy) is 1. The Balaban J connectivity index is 1.49. The first-order valence-electron chi connectivity index (χ1n) is 11.8. The van der Waals surface area contributed by atoms with Crippen molar-refractivity contribution >= 4 is 23.4 Å². The van der Waals surface area contributed by atoms with Gasteiger partial charge in [-0.25, -0.2) is 0 Å². The number of anilines is 1. The van der Waals surface area contributed by atoms with Crippen LogP contribution in [0.1, 0.15) is 22.6 Å². The summed E-state index contributed by atoms with van der Waals surface area (Å²) in [5, 5.41) is 0. The highest BCUT2D eigenvalue weighted by molar-refractivity contribution is 6.15. The highest BCUT2D eigenvalue weighted by atomic mass is 19.4. The molecule has 3 heterocycles. The molecule has 2 atom stereocenters. The van der Waals surface area contributed by atoms with Crippen LogP contribution >= 0.6 is 0 Å². The lowest BCUT2D eigenvalue weighted by Crippen LogP contribution is -2.60. The van der Waals surface area contributed by atoms with E-state index in [1.54, 1.807) is 11.9 Å². The van der Waals surface area contributed by atoms with Crippen molar-refractivity contribution in [1.82, 2.24) is 9.80 Å². The van der Waals surface area contributed by atoms with E-state index >= 15 is 0 Å². The summed E-state index contributed by atoms with van der Waals surface area (Å²) in [4.78, 5) is 45.7. The van der Waals surface area contributed by atoms with Crippen LogP contribution in [-0.2, 0) is 31.7 Å². The first kappa shape index (κ1) is 24.3. The van der Waals surface area contributed by atoms with E-state index in [0.29, 0.717) is 32.0 Å². The lowest BCUT2D eigenvalue weighted by atomic mass is 9.69. The molecule has 0 unspecified atom stereocenters. The second-order valence-electron chi connectivity index (χ2n) is 9.50. The van der Waals surface area contributed by atoms with E-state index in [4.69, 9.17) is 4.74 Å². The second kappa shape index (κ2) is 8.92. The van der Waals surface area contributed by atoms with Crippen LogP contribution in [0.25, 0.3) is 0 Å². The minimum absolute atomic E-state index is 0.122. The molecule has 10 heteroatoms. The highest BCUT2D eigenvalue weighted by Gasteiger charge is 2.63. The summed E-state index contributed by atoms with van der Waals surface area (Å²) in [6.07, 6.45) is -4.78. The Morgan fingerprint density at radius 1 is 1.06 bits per heavy atom. The Labute approximate surface area is 206 Å². The van der Waals surface area contributed by atoms with Crippen LogP contribution in [0.15, 0.2) is 48.5 Å². The largest absolute Gasteiger partial charge is 0.416 e. The molecule has 0 bridgehead atoms. The van der Waals surface area contributed by atoms with Crippen LogP contribution in [0.4, 0.5) is 18.9 Å². The zero-order chi connectivity index (χ0) is 25.7. The first-order valence-corrected chi connectivity index (χ1v) is 11.8. The van der Waals surface area contributed by atoms with Crippen LogP contribution in [0.3, 0.4) is 0 Å². The van der Waals surface area contributed by atoms with E-state index in [1.165, 1.54) is 21.9 Å². The fourth-order valence-electron chi connectivity index (χ4n) is 5.62. The molecule has 5 rings (SSSR count). The van der Waals surface area contributed by atoms with Gasteiger partial charge in [0, 0.05) is 44.8 Å². The molecular weight excluding hydrogens is 475 g/mol. The molecule has 0 radical (unpaired) electrons. The van der Waals surface area contributed by atoms with Crippen molar-refractivity contribution in [1.29, 1.82) is 0 Å². The second-order valence-corrected chi connectivity index (χ2v) is 9.50. The van der Waals surface area contributed by atoms with E-state index in [9.17, 15) is 27.6 Å². The molecule has 0 aromatic heterocycles. The van der Waals surface area contributed by atoms with Crippen molar-refractivity contribution in [2.45, 2.75) is 18.5 Å². The summed E-state index contributed by atoms with van der Waals surface area (Å²) in [7, 11) is 1.62. The molecular formula is C26H26F3N3O4. The van der Waals surface area contributed by atoms with Crippen molar-refractivity contribution in [2.24, 2.45) is 5.41 Å². The Morgan fingerprint density at radius 2 is 1.78 bits per heavy atom. The number of nitrogens with zero attached hydrogens (tertiary/aromatic N) is 3. The summed E-state index contributed by atoms with van der Waals surface area (Å²) < 4.78 is 44.8. The molecule has 3 aliphatic heterocycles. The summed E-state index contributed by atoms with van der Waals surface area (Å²) in [5.41, 5.74) is -0.612. The summed E-state index contributed by atoms with van der Waals surface area (Å²) in [6.45, 7) is 1.44. The van der Waals surface area contributed by atoms with Gasteiger partial charge in [-0.2, -0.15) is 13.2 Å². The molecule has 190 valence electrons. The molecule has 2 fully saturated rings. The van der Waals surface area contributed by atoms with Gasteiger partial charge in [-0.1, -0.05) is 36.4 Å². The van der Waals surface area contributed by atoms with Crippen molar-refractivity contribution in [3.05, 3.63) is 65.2 Å². The van der Waals surface area contributed by atoms with Crippen LogP contribution < -0.4 is 4.90 Å². The number of hydrogen-bond acceptors (Lipinski definition) is 4. The third-order valence-corrected chi connectivity index (χ3v) is 7.44. The van der Waals surface area contributed by atoms with E-state index in [2.05, 4.69) is 0 Å². The first-order chi connectivity index (χ1) is 17.1. The summed E-state index contributed by atoms with van der Waals surface area (Å²) in [5.74, 6) is -1.70. The lowest BCUT2D eigenvalue weighted by molar-refractivity contribution is -0.153. The van der Waals surface area contributed by atoms with Gasteiger partial charge in [-0.05, 0) is 23.3 Å². The molecule has 2 saturated heterocycles. The maximum Gasteiger partial charge on any atom is 0.416 e. The number of benzene rings is 2. The summed E-state index contributed by atoms with van der Waals surface area (Å²) >= 11 is 0. The molecule has 0 saturated carbocycles. The highest BCUT2D eigenvalue weighted by Crippen LogP contribution is 2.52. The van der Waals surface area contributed by atoms with Crippen molar-refractivity contribution in [3.63, 3.8) is 0 Å². The van der Waals surface area contributed by atoms with Crippen LogP contribution in [0, 0.1) is 5.41 Å². The minimum Gasteiger partial charge on any atom is -0.378 e. The standard InChI is InChI=1S/C26H26F3N3O4/c1-30-21-8-3-2-7-19(21)20-15-32(22(33)14-17-5-4-6-18(13-17)26(27,28)29)16-25(20,23(30)34)24(35)31-9-11-36-12-10-31/h2-8,13,20H,9-12,14-16H2,1H3/t20-,25+/m0/s1. The smallest absolute Gasteiger partial charge is 0.378 e. The number of morpholine rings is 1. The molecule has 36 heavy (non-hydrogen) atoms. The van der Waals surface area contributed by atoms with E-state index in [0.717, 1.165) is 17.7 Å². The van der Waals surface area contributed by atoms with Gasteiger partial charge in [0.1, 0.15) is 0 Å².